The Hall–Kier alpha value is -3.35. The first-order chi connectivity index (χ1) is 16.3. The normalized spacial score (nSPS) is 17.7. The number of ether oxygens (including phenoxy) is 2. The van der Waals surface area contributed by atoms with Crippen molar-refractivity contribution in [2.75, 3.05) is 0 Å². The number of Topliss-reactive ketones (excluding diaryl/α,β-unsaturated/α-hetero) is 2. The Labute approximate surface area is 199 Å². The molecule has 1 saturated carbocycles. The summed E-state index contributed by atoms with van der Waals surface area (Å²) in [4.78, 5) is 34.5. The van der Waals surface area contributed by atoms with Gasteiger partial charge >= 0.3 is 5.97 Å². The van der Waals surface area contributed by atoms with E-state index in [1.54, 1.807) is 36.4 Å². The number of hydrogen-bond donors (Lipinski definition) is 2. The standard InChI is InChI=1S/C27H32O7/c1-3-5-23-25(14-12-22(17(2)28)27(23)32)34-21-7-4-6-20(16-21)33-19-10-8-18(9-11-19)24(29)13-15-26(30)31/h8-12,14,20-21,32H,3-7,13,15-16H2,1-2H3,(H,30,31)/t20-,21+/m1/s1. The molecule has 0 amide bonds. The maximum Gasteiger partial charge on any atom is 0.303 e. The largest absolute Gasteiger partial charge is 0.507 e. The number of hydrogen-bond acceptors (Lipinski definition) is 6. The van der Waals surface area contributed by atoms with E-state index in [1.807, 2.05) is 6.92 Å². The van der Waals surface area contributed by atoms with Crippen LogP contribution in [0.25, 0.3) is 0 Å². The SMILES string of the molecule is CCCc1c(O[C@H]2CCC[C@@H](Oc3ccc(C(=O)CCC(=O)O)cc3)C2)ccc(C(C)=O)c1O. The lowest BCUT2D eigenvalue weighted by Gasteiger charge is -2.31. The molecule has 2 aromatic carbocycles. The van der Waals surface area contributed by atoms with E-state index < -0.39 is 5.97 Å². The molecule has 7 heteroatoms. The van der Waals surface area contributed by atoms with Crippen LogP contribution in [-0.4, -0.2) is 40.0 Å². The number of phenols is 1. The Balaban J connectivity index is 1.63. The fourth-order valence-electron chi connectivity index (χ4n) is 4.28. The third kappa shape index (κ3) is 6.59. The van der Waals surface area contributed by atoms with Crippen molar-refractivity contribution in [3.8, 4) is 17.2 Å². The van der Waals surface area contributed by atoms with Crippen molar-refractivity contribution < 1.29 is 34.1 Å². The summed E-state index contributed by atoms with van der Waals surface area (Å²) in [5.41, 5.74) is 1.45. The molecular weight excluding hydrogens is 436 g/mol. The van der Waals surface area contributed by atoms with Gasteiger partial charge in [-0.15, -0.1) is 0 Å². The van der Waals surface area contributed by atoms with Crippen LogP contribution >= 0.6 is 0 Å². The number of phenolic OH excluding ortho intramolecular Hbond substituents is 1. The summed E-state index contributed by atoms with van der Waals surface area (Å²) in [6.45, 7) is 3.45. The highest BCUT2D eigenvalue weighted by atomic mass is 16.5. The van der Waals surface area contributed by atoms with Gasteiger partial charge in [0.25, 0.3) is 0 Å². The highest BCUT2D eigenvalue weighted by molar-refractivity contribution is 5.98. The first-order valence-electron chi connectivity index (χ1n) is 11.8. The van der Waals surface area contributed by atoms with Crippen molar-refractivity contribution in [1.29, 1.82) is 0 Å². The second kappa shape index (κ2) is 11.7. The lowest BCUT2D eigenvalue weighted by Crippen LogP contribution is -2.32. The first-order valence-corrected chi connectivity index (χ1v) is 11.8. The number of carbonyl (C=O) groups is 3. The van der Waals surface area contributed by atoms with Gasteiger partial charge in [0.05, 0.1) is 12.0 Å². The van der Waals surface area contributed by atoms with E-state index in [9.17, 15) is 19.5 Å². The van der Waals surface area contributed by atoms with E-state index in [2.05, 4.69) is 0 Å². The number of aromatic hydroxyl groups is 1. The van der Waals surface area contributed by atoms with E-state index in [0.717, 1.165) is 25.7 Å². The van der Waals surface area contributed by atoms with Gasteiger partial charge in [-0.25, -0.2) is 0 Å². The maximum atomic E-state index is 12.1. The minimum Gasteiger partial charge on any atom is -0.507 e. The summed E-state index contributed by atoms with van der Waals surface area (Å²) >= 11 is 0. The predicted molar refractivity (Wildman–Crippen MR) is 127 cm³/mol. The Morgan fingerprint density at radius 3 is 2.26 bits per heavy atom. The van der Waals surface area contributed by atoms with Crippen molar-refractivity contribution >= 4 is 17.5 Å². The summed E-state index contributed by atoms with van der Waals surface area (Å²) in [7, 11) is 0. The molecule has 0 aliphatic heterocycles. The molecule has 0 saturated heterocycles. The molecule has 182 valence electrons. The van der Waals surface area contributed by atoms with Crippen molar-refractivity contribution in [2.45, 2.75) is 77.4 Å². The Kier molecular flexibility index (Phi) is 8.68. The lowest BCUT2D eigenvalue weighted by molar-refractivity contribution is -0.136. The van der Waals surface area contributed by atoms with Crippen molar-refractivity contribution in [1.82, 2.24) is 0 Å². The molecule has 3 rings (SSSR count). The molecule has 7 nitrogen and oxygen atoms in total. The number of carbonyl (C=O) groups excluding carboxylic acids is 2. The molecule has 2 aromatic rings. The molecule has 1 fully saturated rings. The first kappa shape index (κ1) is 25.3. The monoisotopic (exact) mass is 468 g/mol. The van der Waals surface area contributed by atoms with Crippen LogP contribution in [0.1, 0.15) is 85.1 Å². The maximum absolute atomic E-state index is 12.1. The molecule has 0 aromatic heterocycles. The van der Waals surface area contributed by atoms with Gasteiger partial charge in [0, 0.05) is 24.0 Å². The third-order valence-electron chi connectivity index (χ3n) is 6.04. The van der Waals surface area contributed by atoms with Crippen LogP contribution in [0.15, 0.2) is 36.4 Å². The van der Waals surface area contributed by atoms with Gasteiger partial charge in [0.2, 0.25) is 0 Å². The molecule has 1 aliphatic rings. The van der Waals surface area contributed by atoms with Crippen molar-refractivity contribution in [3.63, 3.8) is 0 Å². The molecule has 0 heterocycles. The third-order valence-corrected chi connectivity index (χ3v) is 6.04. The fraction of sp³-hybridized carbons (Fsp3) is 0.444. The smallest absolute Gasteiger partial charge is 0.303 e. The molecule has 2 N–H and O–H groups in total. The Bertz CT molecular complexity index is 1030. The molecule has 0 unspecified atom stereocenters. The molecule has 2 atom stereocenters. The van der Waals surface area contributed by atoms with Crippen LogP contribution < -0.4 is 9.47 Å². The van der Waals surface area contributed by atoms with Crippen LogP contribution in [0, 0.1) is 0 Å². The number of carboxylic acid groups (broad SMARTS) is 1. The van der Waals surface area contributed by atoms with Crippen LogP contribution in [0.3, 0.4) is 0 Å². The van der Waals surface area contributed by atoms with Gasteiger partial charge < -0.3 is 19.7 Å². The van der Waals surface area contributed by atoms with Crippen LogP contribution in [0.5, 0.6) is 17.2 Å². The minimum atomic E-state index is -0.991. The van der Waals surface area contributed by atoms with Gasteiger partial charge in [-0.1, -0.05) is 13.3 Å². The molecule has 1 aliphatic carbocycles. The second-order valence-corrected chi connectivity index (χ2v) is 8.73. The fourth-order valence-corrected chi connectivity index (χ4v) is 4.28. The summed E-state index contributed by atoms with van der Waals surface area (Å²) in [6, 6.07) is 10.2. The minimum absolute atomic E-state index is 0.00783. The molecule has 34 heavy (non-hydrogen) atoms. The van der Waals surface area contributed by atoms with Crippen molar-refractivity contribution in [3.05, 3.63) is 53.1 Å². The average molecular weight is 469 g/mol. The van der Waals surface area contributed by atoms with Crippen LogP contribution in [-0.2, 0) is 11.2 Å². The van der Waals surface area contributed by atoms with Gasteiger partial charge in [-0.3, -0.25) is 14.4 Å². The number of carboxylic acids is 1. The second-order valence-electron chi connectivity index (χ2n) is 8.73. The van der Waals surface area contributed by atoms with Gasteiger partial charge in [0.1, 0.15) is 29.5 Å². The molecule has 0 spiro atoms. The van der Waals surface area contributed by atoms with E-state index in [1.165, 1.54) is 6.92 Å². The van der Waals surface area contributed by atoms with E-state index in [4.69, 9.17) is 14.6 Å². The predicted octanol–water partition coefficient (Wildman–Crippen LogP) is 5.36. The average Bonchev–Trinajstić information content (AvgIpc) is 2.80. The summed E-state index contributed by atoms with van der Waals surface area (Å²) in [6.07, 6.45) is 4.47. The summed E-state index contributed by atoms with van der Waals surface area (Å²) < 4.78 is 12.4. The highest BCUT2D eigenvalue weighted by Crippen LogP contribution is 2.35. The van der Waals surface area contributed by atoms with Gasteiger partial charge in [-0.05, 0) is 69.0 Å². The number of rotatable bonds is 11. The number of benzene rings is 2. The molecule has 0 radical (unpaired) electrons. The summed E-state index contributed by atoms with van der Waals surface area (Å²) in [5.74, 6) is -0.110. The van der Waals surface area contributed by atoms with E-state index in [0.29, 0.717) is 41.0 Å². The molecular formula is C27H32O7. The highest BCUT2D eigenvalue weighted by Gasteiger charge is 2.26. The van der Waals surface area contributed by atoms with Crippen LogP contribution in [0.4, 0.5) is 0 Å². The van der Waals surface area contributed by atoms with Gasteiger partial charge in [-0.2, -0.15) is 0 Å². The summed E-state index contributed by atoms with van der Waals surface area (Å²) in [5, 5.41) is 19.3. The lowest BCUT2D eigenvalue weighted by atomic mass is 9.94. The number of aliphatic carboxylic acids is 1. The zero-order valence-corrected chi connectivity index (χ0v) is 19.7. The van der Waals surface area contributed by atoms with E-state index >= 15 is 0 Å². The van der Waals surface area contributed by atoms with Crippen molar-refractivity contribution in [2.24, 2.45) is 0 Å². The number of ketones is 2. The zero-order chi connectivity index (χ0) is 24.7. The Morgan fingerprint density at radius 1 is 0.971 bits per heavy atom. The van der Waals surface area contributed by atoms with Gasteiger partial charge in [0.15, 0.2) is 11.6 Å². The molecule has 0 bridgehead atoms. The van der Waals surface area contributed by atoms with Crippen LogP contribution in [0.2, 0.25) is 0 Å². The zero-order valence-electron chi connectivity index (χ0n) is 19.7. The Morgan fingerprint density at radius 2 is 1.65 bits per heavy atom. The topological polar surface area (TPSA) is 110 Å². The van der Waals surface area contributed by atoms with E-state index in [-0.39, 0.29) is 42.4 Å². The quantitative estimate of drug-likeness (QED) is 0.427.